The topological polar surface area (TPSA) is 0 Å². The van der Waals surface area contributed by atoms with Crippen molar-refractivity contribution in [3.63, 3.8) is 0 Å². The molecule has 1 rings (SSSR count). The van der Waals surface area contributed by atoms with E-state index < -0.39 is 0 Å². The normalized spacial score (nSPS) is 11.7. The molecule has 0 spiro atoms. The Kier molecular flexibility index (Phi) is 50.9. The van der Waals surface area contributed by atoms with Gasteiger partial charge in [-0.1, -0.05) is 353 Å². The summed E-state index contributed by atoms with van der Waals surface area (Å²) in [6.07, 6.45) is 79.6. The Morgan fingerprint density at radius 1 is 0.203 bits per heavy atom. The molecule has 0 aliphatic carbocycles. The molecule has 0 nitrogen and oxygen atoms in total. The molecular weight excluding hydrogens is 769 g/mol. The largest absolute Gasteiger partial charge is 0.0654 e. The maximum absolute atomic E-state index is 4.24. The maximum atomic E-state index is 4.24. The highest BCUT2D eigenvalue weighted by Crippen LogP contribution is 2.21. The maximum Gasteiger partial charge on any atom is -0.0279 e. The van der Waals surface area contributed by atoms with E-state index in [1.807, 2.05) is 0 Å². The fraction of sp³-hybridized carbons (Fsp3) is 0.891. The molecule has 64 heavy (non-hydrogen) atoms. The molecule has 0 saturated carbocycles. The molecule has 0 aromatic heterocycles. The van der Waals surface area contributed by atoms with Crippen molar-refractivity contribution in [1.29, 1.82) is 0 Å². The van der Waals surface area contributed by atoms with Crippen molar-refractivity contribution in [2.75, 3.05) is 0 Å². The van der Waals surface area contributed by atoms with Crippen LogP contribution in [0.1, 0.15) is 364 Å². The Morgan fingerprint density at radius 2 is 0.344 bits per heavy atom. The minimum absolute atomic E-state index is 0.930. The average Bonchev–Trinajstić information content (AvgIpc) is 3.31. The van der Waals surface area contributed by atoms with Crippen molar-refractivity contribution in [1.82, 2.24) is 0 Å². The summed E-state index contributed by atoms with van der Waals surface area (Å²) < 4.78 is 0. The van der Waals surface area contributed by atoms with Crippen molar-refractivity contribution in [2.45, 2.75) is 367 Å². The smallest absolute Gasteiger partial charge is 0.0279 e. The predicted octanol–water partition coefficient (Wildman–Crippen LogP) is 23.5. The average molecular weight is 891 g/mol. The van der Waals surface area contributed by atoms with Crippen molar-refractivity contribution >= 4 is 0 Å². The van der Waals surface area contributed by atoms with E-state index in [0.717, 1.165) is 6.42 Å². The van der Waals surface area contributed by atoms with E-state index in [4.69, 9.17) is 0 Å². The Bertz CT molecular complexity index is 916. The Balaban J connectivity index is 1.83. The van der Waals surface area contributed by atoms with E-state index >= 15 is 0 Å². The first-order valence-corrected chi connectivity index (χ1v) is 30.7. The zero-order valence-corrected chi connectivity index (χ0v) is 44.8. The van der Waals surface area contributed by atoms with Crippen LogP contribution >= 0.6 is 0 Å². The van der Waals surface area contributed by atoms with E-state index in [9.17, 15) is 0 Å². The lowest BCUT2D eigenvalue weighted by Crippen LogP contribution is -1.95. The van der Waals surface area contributed by atoms with Gasteiger partial charge in [0, 0.05) is 0 Å². The van der Waals surface area contributed by atoms with Crippen LogP contribution in [0.3, 0.4) is 0 Å². The molecule has 0 unspecified atom stereocenters. The van der Waals surface area contributed by atoms with Crippen molar-refractivity contribution in [2.24, 2.45) is 0 Å². The first-order chi connectivity index (χ1) is 31.8. The standard InChI is InChI=1S/C64H121/c1-4-7-9-11-13-15-17-19-21-23-25-27-29-31-33-35-37-39-41-43-45-47-49-51-53-55-57-63-59-62(6-3)60-64(61-63)58-56-54-52-50-48-46-44-42-40-38-36-34-32-30-28-26-24-22-20-18-16-14-12-10-8-5-2/h59-61H,3-58H2,1-2H3. The van der Waals surface area contributed by atoms with E-state index in [0.29, 0.717) is 0 Å². The van der Waals surface area contributed by atoms with Crippen molar-refractivity contribution < 1.29 is 0 Å². The third-order valence-corrected chi connectivity index (χ3v) is 15.0. The van der Waals surface area contributed by atoms with E-state index in [-0.39, 0.29) is 0 Å². The molecular formula is C64H121. The van der Waals surface area contributed by atoms with E-state index in [1.165, 1.54) is 352 Å². The summed E-state index contributed by atoms with van der Waals surface area (Å²) in [5.74, 6) is 0. The quantitative estimate of drug-likeness (QED) is 0.0572. The van der Waals surface area contributed by atoms with Crippen LogP contribution in [0.15, 0.2) is 18.2 Å². The number of hydrogen-bond acceptors (Lipinski definition) is 0. The Labute approximate surface area is 407 Å². The summed E-state index contributed by atoms with van der Waals surface area (Å²) in [5, 5.41) is 0. The first-order valence-electron chi connectivity index (χ1n) is 30.7. The van der Waals surface area contributed by atoms with Crippen LogP contribution < -0.4 is 0 Å². The molecule has 0 saturated heterocycles. The molecule has 377 valence electrons. The van der Waals surface area contributed by atoms with Gasteiger partial charge in [0.2, 0.25) is 0 Å². The number of rotatable bonds is 55. The van der Waals surface area contributed by atoms with Gasteiger partial charge in [-0.15, -0.1) is 0 Å². The lowest BCUT2D eigenvalue weighted by Gasteiger charge is -2.10. The number of benzene rings is 1. The summed E-state index contributed by atoms with van der Waals surface area (Å²) >= 11 is 0. The van der Waals surface area contributed by atoms with Gasteiger partial charge in [0.25, 0.3) is 0 Å². The molecule has 0 fully saturated rings. The number of aryl methyl sites for hydroxylation is 2. The monoisotopic (exact) mass is 890 g/mol. The van der Waals surface area contributed by atoms with Gasteiger partial charge in [-0.05, 0) is 55.7 Å². The highest BCUT2D eigenvalue weighted by atomic mass is 14.1. The molecule has 0 aliphatic rings. The van der Waals surface area contributed by atoms with Crippen LogP contribution in [0.2, 0.25) is 0 Å². The summed E-state index contributed by atoms with van der Waals surface area (Å²) in [6.45, 7) is 8.86. The minimum atomic E-state index is 0.930. The third kappa shape index (κ3) is 46.3. The fourth-order valence-corrected chi connectivity index (χ4v) is 10.6. The van der Waals surface area contributed by atoms with Crippen LogP contribution in [0, 0.1) is 6.92 Å². The molecule has 0 aliphatic heterocycles. The van der Waals surface area contributed by atoms with Gasteiger partial charge in [0.15, 0.2) is 0 Å². The molecule has 1 aromatic carbocycles. The summed E-state index contributed by atoms with van der Waals surface area (Å²) in [7, 11) is 0. The zero-order valence-electron chi connectivity index (χ0n) is 44.8. The molecule has 0 bridgehead atoms. The lowest BCUT2D eigenvalue weighted by atomic mass is 9.96. The second-order valence-corrected chi connectivity index (χ2v) is 21.6. The molecule has 0 heteroatoms. The van der Waals surface area contributed by atoms with Crippen LogP contribution in [-0.2, 0) is 19.3 Å². The van der Waals surface area contributed by atoms with Gasteiger partial charge < -0.3 is 0 Å². The molecule has 0 atom stereocenters. The Morgan fingerprint density at radius 3 is 0.500 bits per heavy atom. The lowest BCUT2D eigenvalue weighted by molar-refractivity contribution is 0.515. The summed E-state index contributed by atoms with van der Waals surface area (Å²) in [6, 6.07) is 7.45. The highest BCUT2D eigenvalue weighted by Gasteiger charge is 2.04. The van der Waals surface area contributed by atoms with E-state index in [1.54, 1.807) is 11.1 Å². The molecule has 0 amide bonds. The third-order valence-electron chi connectivity index (χ3n) is 15.0. The van der Waals surface area contributed by atoms with Gasteiger partial charge in [-0.25, -0.2) is 0 Å². The van der Waals surface area contributed by atoms with Crippen molar-refractivity contribution in [3.8, 4) is 0 Å². The number of hydrogen-bond donors (Lipinski definition) is 0. The van der Waals surface area contributed by atoms with Crippen LogP contribution in [0.4, 0.5) is 0 Å². The van der Waals surface area contributed by atoms with Crippen molar-refractivity contribution in [3.05, 3.63) is 41.8 Å². The molecule has 1 radical (unpaired) electrons. The highest BCUT2D eigenvalue weighted by molar-refractivity contribution is 5.31. The van der Waals surface area contributed by atoms with Gasteiger partial charge in [-0.3, -0.25) is 0 Å². The number of unbranched alkanes of at least 4 members (excludes halogenated alkanes) is 50. The second kappa shape index (κ2) is 53.2. The van der Waals surface area contributed by atoms with Gasteiger partial charge >= 0.3 is 0 Å². The predicted molar refractivity (Wildman–Crippen MR) is 294 cm³/mol. The molecule has 0 N–H and O–H groups in total. The summed E-state index contributed by atoms with van der Waals surface area (Å²) in [4.78, 5) is 0. The van der Waals surface area contributed by atoms with Crippen LogP contribution in [0.5, 0.6) is 0 Å². The van der Waals surface area contributed by atoms with Gasteiger partial charge in [0.1, 0.15) is 0 Å². The zero-order chi connectivity index (χ0) is 45.7. The first kappa shape index (κ1) is 61.2. The van der Waals surface area contributed by atoms with E-state index in [2.05, 4.69) is 39.0 Å². The second-order valence-electron chi connectivity index (χ2n) is 21.6. The minimum Gasteiger partial charge on any atom is -0.0654 e. The van der Waals surface area contributed by atoms with Gasteiger partial charge in [-0.2, -0.15) is 0 Å². The van der Waals surface area contributed by atoms with Gasteiger partial charge in [0.05, 0.1) is 0 Å². The van der Waals surface area contributed by atoms with Crippen LogP contribution in [-0.4, -0.2) is 0 Å². The summed E-state index contributed by atoms with van der Waals surface area (Å²) in [5.41, 5.74) is 4.61. The molecule has 0 heterocycles. The fourth-order valence-electron chi connectivity index (χ4n) is 10.6. The molecule has 1 aromatic rings. The Hall–Kier alpha value is -0.780. The van der Waals surface area contributed by atoms with Crippen LogP contribution in [0.25, 0.3) is 0 Å². The SMILES string of the molecule is [CH2]Cc1cc(CCCCCCCCCCCCCCCCCCCCCCCCCCCC)cc(CCCCCCCCCCCCCCCCCCCCCCCCCCCC)c1.